The summed E-state index contributed by atoms with van der Waals surface area (Å²) in [6, 6.07) is 13.2. The SMILES string of the molecule is CC(CC(=O)Nc1ccc(NC(=O)C([NH3+])CS)cc1C(=O)c1ccccc1)CC(C)(C)C.CCl. The van der Waals surface area contributed by atoms with Crippen LogP contribution in [-0.2, 0) is 9.59 Å². The molecule has 8 heteroatoms. The molecule has 0 aromatic heterocycles. The van der Waals surface area contributed by atoms with Crippen molar-refractivity contribution >= 4 is 53.2 Å². The van der Waals surface area contributed by atoms with Gasteiger partial charge in [-0.1, -0.05) is 58.0 Å². The van der Waals surface area contributed by atoms with Gasteiger partial charge in [-0.2, -0.15) is 12.6 Å². The van der Waals surface area contributed by atoms with E-state index in [9.17, 15) is 14.4 Å². The monoisotopic (exact) mass is 506 g/mol. The summed E-state index contributed by atoms with van der Waals surface area (Å²) in [6.45, 7) is 8.50. The van der Waals surface area contributed by atoms with Gasteiger partial charge in [-0.3, -0.25) is 14.4 Å². The third kappa shape index (κ3) is 9.87. The lowest BCUT2D eigenvalue weighted by Crippen LogP contribution is -2.67. The molecular weight excluding hydrogens is 470 g/mol. The number of thiol groups is 1. The first-order valence-corrected chi connectivity index (χ1v) is 12.5. The Morgan fingerprint density at radius 2 is 1.65 bits per heavy atom. The number of hydrogen-bond acceptors (Lipinski definition) is 4. The molecular formula is C26H37ClN3O3S+. The number of amides is 2. The normalized spacial score (nSPS) is 12.6. The molecule has 0 aliphatic carbocycles. The van der Waals surface area contributed by atoms with Gasteiger partial charge in [0.05, 0.1) is 11.4 Å². The average molecular weight is 507 g/mol. The van der Waals surface area contributed by atoms with E-state index in [2.05, 4.69) is 68.3 Å². The Balaban J connectivity index is 0.00000281. The van der Waals surface area contributed by atoms with Gasteiger partial charge in [0.1, 0.15) is 0 Å². The number of ketones is 1. The molecule has 0 bridgehead atoms. The van der Waals surface area contributed by atoms with Crippen molar-refractivity contribution in [2.75, 3.05) is 22.8 Å². The Morgan fingerprint density at radius 3 is 2.21 bits per heavy atom. The molecule has 34 heavy (non-hydrogen) atoms. The molecule has 2 atom stereocenters. The second-order valence-electron chi connectivity index (χ2n) is 9.45. The highest BCUT2D eigenvalue weighted by Crippen LogP contribution is 2.28. The van der Waals surface area contributed by atoms with Crippen LogP contribution in [0.5, 0.6) is 0 Å². The minimum absolute atomic E-state index is 0.132. The van der Waals surface area contributed by atoms with Crippen LogP contribution in [0.2, 0.25) is 0 Å². The highest BCUT2D eigenvalue weighted by molar-refractivity contribution is 7.80. The van der Waals surface area contributed by atoms with Gasteiger partial charge in [-0.05, 0) is 36.0 Å². The van der Waals surface area contributed by atoms with Crippen LogP contribution in [0.3, 0.4) is 0 Å². The maximum absolute atomic E-state index is 13.2. The summed E-state index contributed by atoms with van der Waals surface area (Å²) in [5.41, 5.74) is 5.59. The number of rotatable bonds is 9. The lowest BCUT2D eigenvalue weighted by Gasteiger charge is -2.23. The van der Waals surface area contributed by atoms with Gasteiger partial charge in [0.25, 0.3) is 5.91 Å². The van der Waals surface area contributed by atoms with E-state index >= 15 is 0 Å². The number of benzene rings is 2. The fourth-order valence-electron chi connectivity index (χ4n) is 3.63. The number of carbonyl (C=O) groups is 3. The van der Waals surface area contributed by atoms with E-state index in [1.807, 2.05) is 6.07 Å². The van der Waals surface area contributed by atoms with Crippen LogP contribution in [0.4, 0.5) is 11.4 Å². The van der Waals surface area contributed by atoms with Gasteiger partial charge in [-0.15, -0.1) is 11.6 Å². The van der Waals surface area contributed by atoms with Crippen molar-refractivity contribution in [3.63, 3.8) is 0 Å². The summed E-state index contributed by atoms with van der Waals surface area (Å²) >= 11 is 8.74. The zero-order valence-corrected chi connectivity index (χ0v) is 22.3. The average Bonchev–Trinajstić information content (AvgIpc) is 2.79. The molecule has 2 aromatic rings. The molecule has 2 rings (SSSR count). The highest BCUT2D eigenvalue weighted by atomic mass is 35.5. The van der Waals surface area contributed by atoms with Crippen LogP contribution in [0.25, 0.3) is 0 Å². The zero-order chi connectivity index (χ0) is 25.9. The van der Waals surface area contributed by atoms with E-state index in [0.717, 1.165) is 6.42 Å². The van der Waals surface area contributed by atoms with Crippen LogP contribution in [-0.4, -0.2) is 35.8 Å². The number of hydrogen-bond donors (Lipinski definition) is 4. The number of carbonyl (C=O) groups excluding carboxylic acids is 3. The first-order valence-electron chi connectivity index (χ1n) is 11.2. The van der Waals surface area contributed by atoms with Crippen LogP contribution in [0, 0.1) is 11.3 Å². The smallest absolute Gasteiger partial charge is 0.283 e. The Kier molecular flexibility index (Phi) is 12.3. The summed E-state index contributed by atoms with van der Waals surface area (Å²) in [6.07, 6.45) is 2.75. The molecule has 2 aromatic carbocycles. The lowest BCUT2D eigenvalue weighted by molar-refractivity contribution is -0.395. The van der Waals surface area contributed by atoms with Crippen molar-refractivity contribution in [2.45, 2.75) is 46.6 Å². The van der Waals surface area contributed by atoms with E-state index < -0.39 is 6.04 Å². The number of quaternary nitrogens is 1. The van der Waals surface area contributed by atoms with Crippen LogP contribution in [0.15, 0.2) is 48.5 Å². The molecule has 2 amide bonds. The fourth-order valence-corrected chi connectivity index (χ4v) is 3.79. The van der Waals surface area contributed by atoms with E-state index in [1.165, 1.54) is 6.38 Å². The molecule has 0 saturated heterocycles. The Morgan fingerprint density at radius 1 is 1.03 bits per heavy atom. The maximum Gasteiger partial charge on any atom is 0.283 e. The molecule has 186 valence electrons. The Bertz CT molecular complexity index is 962. The van der Waals surface area contributed by atoms with Crippen molar-refractivity contribution in [2.24, 2.45) is 11.3 Å². The molecule has 2 unspecified atom stereocenters. The van der Waals surface area contributed by atoms with Crippen molar-refractivity contribution < 1.29 is 20.1 Å². The minimum atomic E-state index is -0.518. The first kappa shape index (κ1) is 29.7. The van der Waals surface area contributed by atoms with Gasteiger partial charge in [0.2, 0.25) is 5.91 Å². The van der Waals surface area contributed by atoms with E-state index in [0.29, 0.717) is 34.7 Å². The topological polar surface area (TPSA) is 103 Å². The van der Waals surface area contributed by atoms with Crippen LogP contribution >= 0.6 is 24.2 Å². The Labute approximate surface area is 213 Å². The number of alkyl halides is 1. The number of anilines is 2. The van der Waals surface area contributed by atoms with Gasteiger partial charge in [0, 0.05) is 29.6 Å². The molecule has 6 nitrogen and oxygen atoms in total. The molecule has 0 aliphatic heterocycles. The predicted molar refractivity (Wildman–Crippen MR) is 144 cm³/mol. The molecule has 5 N–H and O–H groups in total. The van der Waals surface area contributed by atoms with Crippen LogP contribution in [0.1, 0.15) is 56.5 Å². The number of halogens is 1. The summed E-state index contributed by atoms with van der Waals surface area (Å²) in [5.74, 6) is -0.153. The first-order chi connectivity index (χ1) is 16.0. The van der Waals surface area contributed by atoms with Crippen molar-refractivity contribution in [3.05, 3.63) is 59.7 Å². The zero-order valence-electron chi connectivity index (χ0n) is 20.7. The summed E-state index contributed by atoms with van der Waals surface area (Å²) in [4.78, 5) is 38.1. The third-order valence-electron chi connectivity index (χ3n) is 4.93. The van der Waals surface area contributed by atoms with E-state index in [-0.39, 0.29) is 28.9 Å². The Hall–Kier alpha value is -2.35. The third-order valence-corrected chi connectivity index (χ3v) is 5.37. The minimum Gasteiger partial charge on any atom is -0.347 e. The summed E-state index contributed by atoms with van der Waals surface area (Å²) in [5, 5.41) is 5.66. The molecule has 0 saturated carbocycles. The van der Waals surface area contributed by atoms with Crippen molar-refractivity contribution in [1.29, 1.82) is 0 Å². The molecule has 0 fully saturated rings. The van der Waals surface area contributed by atoms with Crippen LogP contribution < -0.4 is 16.4 Å². The number of nitrogens with one attached hydrogen (secondary N) is 2. The second kappa shape index (κ2) is 14.1. The second-order valence-corrected chi connectivity index (χ2v) is 9.81. The molecule has 0 radical (unpaired) electrons. The quantitative estimate of drug-likeness (QED) is 0.226. The summed E-state index contributed by atoms with van der Waals surface area (Å²) < 4.78 is 0. The summed E-state index contributed by atoms with van der Waals surface area (Å²) in [7, 11) is 0. The molecule has 0 spiro atoms. The lowest BCUT2D eigenvalue weighted by atomic mass is 9.84. The molecule has 0 heterocycles. The maximum atomic E-state index is 13.2. The van der Waals surface area contributed by atoms with E-state index in [1.54, 1.807) is 42.5 Å². The van der Waals surface area contributed by atoms with Gasteiger partial charge >= 0.3 is 0 Å². The highest BCUT2D eigenvalue weighted by Gasteiger charge is 2.21. The van der Waals surface area contributed by atoms with Gasteiger partial charge in [-0.25, -0.2) is 0 Å². The fraction of sp³-hybridized carbons (Fsp3) is 0.423. The largest absolute Gasteiger partial charge is 0.347 e. The standard InChI is InChI=1S/C25H33N3O3S.CH3Cl/c1-16(14-25(2,3)4)12-22(29)28-21-11-10-18(27-24(31)20(26)15-32)13-19(21)23(30)17-8-6-5-7-9-17;1-2/h5-11,13,16,20,32H,12,14-15,26H2,1-4H3,(H,27,31)(H,28,29);1H3/p+1. The van der Waals surface area contributed by atoms with E-state index in [4.69, 9.17) is 0 Å². The van der Waals surface area contributed by atoms with Crippen molar-refractivity contribution in [1.82, 2.24) is 0 Å². The van der Waals surface area contributed by atoms with Crippen molar-refractivity contribution in [3.8, 4) is 0 Å². The van der Waals surface area contributed by atoms with Gasteiger partial charge < -0.3 is 16.4 Å². The predicted octanol–water partition coefficient (Wildman–Crippen LogP) is 4.65. The van der Waals surface area contributed by atoms with Gasteiger partial charge in [0.15, 0.2) is 11.8 Å². The molecule has 0 aliphatic rings.